The van der Waals surface area contributed by atoms with Gasteiger partial charge in [0.05, 0.1) is 13.0 Å². The van der Waals surface area contributed by atoms with E-state index in [2.05, 4.69) is 15.4 Å². The second-order valence-electron chi connectivity index (χ2n) is 8.17. The Morgan fingerprint density at radius 1 is 1.21 bits per heavy atom. The van der Waals surface area contributed by atoms with E-state index in [4.69, 9.17) is 0 Å². The van der Waals surface area contributed by atoms with Crippen molar-refractivity contribution in [3.63, 3.8) is 0 Å². The van der Waals surface area contributed by atoms with Crippen LogP contribution in [0.3, 0.4) is 0 Å². The van der Waals surface area contributed by atoms with Gasteiger partial charge in [0.25, 0.3) is 5.91 Å². The lowest BCUT2D eigenvalue weighted by Gasteiger charge is -2.35. The number of benzene rings is 1. The van der Waals surface area contributed by atoms with E-state index in [0.717, 1.165) is 6.42 Å². The van der Waals surface area contributed by atoms with Gasteiger partial charge in [0.15, 0.2) is 0 Å². The molecule has 3 amide bonds. The molecule has 1 aliphatic heterocycles. The molecule has 1 aromatic rings. The number of hydrogen-bond acceptors (Lipinski definition) is 5. The molecule has 0 aliphatic carbocycles. The Kier molecular flexibility index (Phi) is 7.36. The summed E-state index contributed by atoms with van der Waals surface area (Å²) in [5, 5.41) is 5.29. The molecule has 0 saturated carbocycles. The van der Waals surface area contributed by atoms with Gasteiger partial charge in [-0.3, -0.25) is 19.2 Å². The van der Waals surface area contributed by atoms with Gasteiger partial charge in [-0.25, -0.2) is 0 Å². The van der Waals surface area contributed by atoms with E-state index >= 15 is 0 Å². The van der Waals surface area contributed by atoms with E-state index in [1.165, 1.54) is 7.11 Å². The van der Waals surface area contributed by atoms with Gasteiger partial charge >= 0.3 is 5.97 Å². The molecule has 0 radical (unpaired) electrons. The first kappa shape index (κ1) is 22.4. The summed E-state index contributed by atoms with van der Waals surface area (Å²) in [5.74, 6) is -1.42. The van der Waals surface area contributed by atoms with Gasteiger partial charge in [-0.1, -0.05) is 26.8 Å². The lowest BCUT2D eigenvalue weighted by Crippen LogP contribution is -2.47. The molecular formula is C21H29N3O5. The number of carbonyl (C=O) groups excluding carboxylic acids is 4. The van der Waals surface area contributed by atoms with Gasteiger partial charge in [0.1, 0.15) is 6.54 Å². The maximum atomic E-state index is 12.7. The van der Waals surface area contributed by atoms with Crippen molar-refractivity contribution in [1.82, 2.24) is 10.2 Å². The number of amides is 3. The van der Waals surface area contributed by atoms with Crippen molar-refractivity contribution in [2.45, 2.75) is 33.6 Å². The van der Waals surface area contributed by atoms with E-state index in [1.807, 2.05) is 20.8 Å². The average molecular weight is 403 g/mol. The summed E-state index contributed by atoms with van der Waals surface area (Å²) in [4.78, 5) is 50.3. The number of nitrogens with zero attached hydrogens (tertiary/aromatic N) is 1. The van der Waals surface area contributed by atoms with Crippen LogP contribution in [0, 0.1) is 11.3 Å². The number of ether oxygens (including phenoxy) is 1. The summed E-state index contributed by atoms with van der Waals surface area (Å²) in [6, 6.07) is 6.48. The Labute approximate surface area is 171 Å². The molecule has 1 aromatic carbocycles. The van der Waals surface area contributed by atoms with Crippen molar-refractivity contribution >= 4 is 29.4 Å². The van der Waals surface area contributed by atoms with Crippen molar-refractivity contribution in [3.05, 3.63) is 29.8 Å². The van der Waals surface area contributed by atoms with Crippen LogP contribution in [-0.2, 0) is 19.1 Å². The number of nitrogens with one attached hydrogen (secondary N) is 2. The van der Waals surface area contributed by atoms with Crippen LogP contribution < -0.4 is 10.6 Å². The highest BCUT2D eigenvalue weighted by molar-refractivity contribution is 5.98. The summed E-state index contributed by atoms with van der Waals surface area (Å²) >= 11 is 0. The number of rotatable bonds is 5. The smallest absolute Gasteiger partial charge is 0.325 e. The fourth-order valence-electron chi connectivity index (χ4n) is 3.16. The minimum Gasteiger partial charge on any atom is -0.468 e. The summed E-state index contributed by atoms with van der Waals surface area (Å²) in [6.45, 7) is 6.43. The molecule has 1 atom stereocenters. The van der Waals surface area contributed by atoms with Gasteiger partial charge in [-0.05, 0) is 31.0 Å². The van der Waals surface area contributed by atoms with Gasteiger partial charge in [-0.2, -0.15) is 0 Å². The number of carbonyl (C=O) groups is 4. The maximum absolute atomic E-state index is 12.7. The van der Waals surface area contributed by atoms with Crippen molar-refractivity contribution in [2.24, 2.45) is 11.3 Å². The second-order valence-corrected chi connectivity index (χ2v) is 8.17. The lowest BCUT2D eigenvalue weighted by atomic mass is 9.91. The third-order valence-electron chi connectivity index (χ3n) is 4.73. The van der Waals surface area contributed by atoms with Crippen LogP contribution >= 0.6 is 0 Å². The SMILES string of the molecule is COC(=O)CNC(=O)c1cccc(NC(=O)C2CCCN(C(=O)C(C)(C)C)C2)c1. The van der Waals surface area contributed by atoms with Crippen LogP contribution in [0.15, 0.2) is 24.3 Å². The number of piperidine rings is 1. The predicted molar refractivity (Wildman–Crippen MR) is 108 cm³/mol. The molecule has 1 aliphatic rings. The number of esters is 1. The Hall–Kier alpha value is -2.90. The average Bonchev–Trinajstić information content (AvgIpc) is 2.70. The Bertz CT molecular complexity index is 785. The monoisotopic (exact) mass is 403 g/mol. The van der Waals surface area contributed by atoms with Crippen LogP contribution in [0.5, 0.6) is 0 Å². The normalized spacial score (nSPS) is 16.7. The first-order valence-corrected chi connectivity index (χ1v) is 9.67. The van der Waals surface area contributed by atoms with Crippen LogP contribution in [0.25, 0.3) is 0 Å². The summed E-state index contributed by atoms with van der Waals surface area (Å²) in [7, 11) is 1.24. The summed E-state index contributed by atoms with van der Waals surface area (Å²) in [5.41, 5.74) is 0.324. The summed E-state index contributed by atoms with van der Waals surface area (Å²) < 4.78 is 4.49. The van der Waals surface area contributed by atoms with E-state index < -0.39 is 17.3 Å². The molecule has 1 fully saturated rings. The topological polar surface area (TPSA) is 105 Å². The number of methoxy groups -OCH3 is 1. The fraction of sp³-hybridized carbons (Fsp3) is 0.524. The Balaban J connectivity index is 1.99. The number of hydrogen-bond donors (Lipinski definition) is 2. The van der Waals surface area contributed by atoms with Gasteiger partial charge in [0.2, 0.25) is 11.8 Å². The molecule has 1 unspecified atom stereocenters. The third kappa shape index (κ3) is 6.30. The predicted octanol–water partition coefficient (Wildman–Crippen LogP) is 1.81. The van der Waals surface area contributed by atoms with Crippen LogP contribution in [0.1, 0.15) is 44.0 Å². The Morgan fingerprint density at radius 2 is 1.93 bits per heavy atom. The van der Waals surface area contributed by atoms with Crippen molar-refractivity contribution in [2.75, 3.05) is 32.1 Å². The van der Waals surface area contributed by atoms with Gasteiger partial charge in [0, 0.05) is 29.8 Å². The molecule has 0 spiro atoms. The van der Waals surface area contributed by atoms with E-state index in [-0.39, 0.29) is 24.3 Å². The summed E-state index contributed by atoms with van der Waals surface area (Å²) in [6.07, 6.45) is 1.48. The first-order chi connectivity index (χ1) is 13.6. The molecule has 2 rings (SSSR count). The second kappa shape index (κ2) is 9.54. The minimum absolute atomic E-state index is 0.0410. The minimum atomic E-state index is -0.547. The van der Waals surface area contributed by atoms with E-state index in [1.54, 1.807) is 29.2 Å². The molecule has 8 nitrogen and oxygen atoms in total. The van der Waals surface area contributed by atoms with Crippen molar-refractivity contribution in [1.29, 1.82) is 0 Å². The number of likely N-dealkylation sites (tertiary alicyclic amines) is 1. The van der Waals surface area contributed by atoms with Crippen LogP contribution in [0.4, 0.5) is 5.69 Å². The molecule has 29 heavy (non-hydrogen) atoms. The molecule has 1 heterocycles. The van der Waals surface area contributed by atoms with Gasteiger partial charge < -0.3 is 20.3 Å². The fourth-order valence-corrected chi connectivity index (χ4v) is 3.16. The standard InChI is InChI=1S/C21H29N3O5/c1-21(2,3)20(28)24-10-6-8-15(13-24)19(27)23-16-9-5-7-14(11-16)18(26)22-12-17(25)29-4/h5,7,9,11,15H,6,8,10,12-13H2,1-4H3,(H,22,26)(H,23,27). The van der Waals surface area contributed by atoms with E-state index in [9.17, 15) is 19.2 Å². The largest absolute Gasteiger partial charge is 0.468 e. The molecule has 8 heteroatoms. The lowest BCUT2D eigenvalue weighted by molar-refractivity contribution is -0.142. The highest BCUT2D eigenvalue weighted by Gasteiger charge is 2.33. The third-order valence-corrected chi connectivity index (χ3v) is 4.73. The quantitative estimate of drug-likeness (QED) is 0.730. The molecule has 158 valence electrons. The van der Waals surface area contributed by atoms with Crippen molar-refractivity contribution in [3.8, 4) is 0 Å². The molecule has 0 bridgehead atoms. The maximum Gasteiger partial charge on any atom is 0.325 e. The number of anilines is 1. The molecule has 2 N–H and O–H groups in total. The highest BCUT2D eigenvalue weighted by Crippen LogP contribution is 2.24. The molecular weight excluding hydrogens is 374 g/mol. The van der Waals surface area contributed by atoms with Gasteiger partial charge in [-0.15, -0.1) is 0 Å². The zero-order chi connectivity index (χ0) is 21.6. The zero-order valence-electron chi connectivity index (χ0n) is 17.4. The van der Waals surface area contributed by atoms with Crippen molar-refractivity contribution < 1.29 is 23.9 Å². The highest BCUT2D eigenvalue weighted by atomic mass is 16.5. The van der Waals surface area contributed by atoms with E-state index in [0.29, 0.717) is 30.8 Å². The molecule has 1 saturated heterocycles. The first-order valence-electron chi connectivity index (χ1n) is 9.67. The Morgan fingerprint density at radius 3 is 2.59 bits per heavy atom. The van der Waals surface area contributed by atoms with Crippen LogP contribution in [-0.4, -0.2) is 55.3 Å². The molecule has 0 aromatic heterocycles. The zero-order valence-corrected chi connectivity index (χ0v) is 17.4. The van der Waals surface area contributed by atoms with Crippen LogP contribution in [0.2, 0.25) is 0 Å².